The number of halogens is 1. The van der Waals surface area contributed by atoms with Crippen LogP contribution >= 0.6 is 11.6 Å². The van der Waals surface area contributed by atoms with E-state index in [0.29, 0.717) is 35.2 Å². The molecule has 0 aliphatic carbocycles. The summed E-state index contributed by atoms with van der Waals surface area (Å²) in [5.41, 5.74) is 0.634. The molecular formula is C15H11ClN2O4. The minimum Gasteiger partial charge on any atom is -0.490 e. The number of carbonyl (C=O) groups excluding carboxylic acids is 1. The summed E-state index contributed by atoms with van der Waals surface area (Å²) >= 11 is 6.06. The number of non-ortho nitro benzene ring substituents is 1. The number of anilines is 1. The smallest absolute Gasteiger partial charge is 0.271 e. The van der Waals surface area contributed by atoms with Gasteiger partial charge >= 0.3 is 0 Å². The first-order chi connectivity index (χ1) is 10.6. The van der Waals surface area contributed by atoms with Gasteiger partial charge in [-0.1, -0.05) is 23.7 Å². The monoisotopic (exact) mass is 318 g/mol. The van der Waals surface area contributed by atoms with E-state index in [2.05, 4.69) is 0 Å². The lowest BCUT2D eigenvalue weighted by atomic mass is 10.1. The summed E-state index contributed by atoms with van der Waals surface area (Å²) in [5, 5.41) is 11.3. The molecule has 2 aromatic carbocycles. The number of carbonyl (C=O) groups is 1. The van der Waals surface area contributed by atoms with Crippen molar-refractivity contribution >= 4 is 28.9 Å². The fourth-order valence-electron chi connectivity index (χ4n) is 2.31. The molecule has 112 valence electrons. The SMILES string of the molecule is O=C(c1ccccc1Cl)N1CCOc2ccc([N+](=O)[O-])cc21. The van der Waals surface area contributed by atoms with Gasteiger partial charge in [0.2, 0.25) is 0 Å². The maximum absolute atomic E-state index is 12.7. The van der Waals surface area contributed by atoms with E-state index in [1.165, 1.54) is 23.1 Å². The lowest BCUT2D eigenvalue weighted by Gasteiger charge is -2.29. The zero-order chi connectivity index (χ0) is 15.7. The maximum Gasteiger partial charge on any atom is 0.271 e. The highest BCUT2D eigenvalue weighted by atomic mass is 35.5. The van der Waals surface area contributed by atoms with Crippen molar-refractivity contribution in [1.29, 1.82) is 0 Å². The summed E-state index contributed by atoms with van der Waals surface area (Å²) in [6.45, 7) is 0.624. The molecule has 0 N–H and O–H groups in total. The lowest BCUT2D eigenvalue weighted by molar-refractivity contribution is -0.384. The van der Waals surface area contributed by atoms with Crippen LogP contribution in [0.5, 0.6) is 5.75 Å². The van der Waals surface area contributed by atoms with Crippen LogP contribution in [-0.2, 0) is 0 Å². The predicted octanol–water partition coefficient (Wildman–Crippen LogP) is 3.29. The van der Waals surface area contributed by atoms with Gasteiger partial charge in [-0.3, -0.25) is 14.9 Å². The van der Waals surface area contributed by atoms with Gasteiger partial charge in [-0.25, -0.2) is 0 Å². The van der Waals surface area contributed by atoms with Crippen LogP contribution in [0, 0.1) is 10.1 Å². The summed E-state index contributed by atoms with van der Waals surface area (Å²) in [6.07, 6.45) is 0. The highest BCUT2D eigenvalue weighted by molar-refractivity contribution is 6.34. The number of rotatable bonds is 2. The number of nitro benzene ring substituents is 1. The molecule has 3 rings (SSSR count). The molecule has 7 heteroatoms. The molecule has 0 bridgehead atoms. The second-order valence-electron chi connectivity index (χ2n) is 4.69. The third-order valence-corrected chi connectivity index (χ3v) is 3.70. The Kier molecular flexibility index (Phi) is 3.68. The molecule has 1 amide bonds. The van der Waals surface area contributed by atoms with E-state index in [1.54, 1.807) is 24.3 Å². The van der Waals surface area contributed by atoms with E-state index >= 15 is 0 Å². The molecule has 6 nitrogen and oxygen atoms in total. The number of amides is 1. The van der Waals surface area contributed by atoms with E-state index in [0.717, 1.165) is 0 Å². The maximum atomic E-state index is 12.7. The van der Waals surface area contributed by atoms with Crippen molar-refractivity contribution in [3.05, 3.63) is 63.2 Å². The molecule has 0 saturated heterocycles. The molecule has 22 heavy (non-hydrogen) atoms. The zero-order valence-electron chi connectivity index (χ0n) is 11.4. The molecule has 0 atom stereocenters. The van der Waals surface area contributed by atoms with Crippen LogP contribution in [0.2, 0.25) is 5.02 Å². The van der Waals surface area contributed by atoms with Gasteiger partial charge in [-0.15, -0.1) is 0 Å². The summed E-state index contributed by atoms with van der Waals surface area (Å²) in [7, 11) is 0. The minimum atomic E-state index is -0.507. The largest absolute Gasteiger partial charge is 0.490 e. The average Bonchev–Trinajstić information content (AvgIpc) is 2.53. The second-order valence-corrected chi connectivity index (χ2v) is 5.10. The van der Waals surface area contributed by atoms with Gasteiger partial charge in [0.1, 0.15) is 12.4 Å². The Morgan fingerprint density at radius 3 is 2.77 bits per heavy atom. The van der Waals surface area contributed by atoms with Crippen molar-refractivity contribution < 1.29 is 14.5 Å². The molecule has 0 aromatic heterocycles. The van der Waals surface area contributed by atoms with Crippen LogP contribution in [-0.4, -0.2) is 24.0 Å². The fourth-order valence-corrected chi connectivity index (χ4v) is 2.53. The Bertz CT molecular complexity index is 763. The number of benzene rings is 2. The molecule has 0 fully saturated rings. The van der Waals surface area contributed by atoms with E-state index in [4.69, 9.17) is 16.3 Å². The summed E-state index contributed by atoms with van der Waals surface area (Å²) < 4.78 is 5.46. The molecule has 1 aliphatic heterocycles. The van der Waals surface area contributed by atoms with Crippen molar-refractivity contribution in [3.63, 3.8) is 0 Å². The topological polar surface area (TPSA) is 72.7 Å². The van der Waals surface area contributed by atoms with Gasteiger partial charge in [0.15, 0.2) is 0 Å². The quantitative estimate of drug-likeness (QED) is 0.629. The Morgan fingerprint density at radius 1 is 1.27 bits per heavy atom. The minimum absolute atomic E-state index is 0.0961. The highest BCUT2D eigenvalue weighted by Crippen LogP contribution is 2.36. The Hall–Kier alpha value is -2.60. The van der Waals surface area contributed by atoms with Gasteiger partial charge in [-0.05, 0) is 18.2 Å². The van der Waals surface area contributed by atoms with Crippen molar-refractivity contribution in [1.82, 2.24) is 0 Å². The van der Waals surface area contributed by atoms with Crippen molar-refractivity contribution in [2.45, 2.75) is 0 Å². The first-order valence-corrected chi connectivity index (χ1v) is 6.93. The van der Waals surface area contributed by atoms with E-state index in [-0.39, 0.29) is 11.6 Å². The average molecular weight is 319 g/mol. The number of nitrogens with zero attached hydrogens (tertiary/aromatic N) is 2. The van der Waals surface area contributed by atoms with Crippen LogP contribution in [0.25, 0.3) is 0 Å². The summed E-state index contributed by atoms with van der Waals surface area (Å²) in [6, 6.07) is 10.9. The van der Waals surface area contributed by atoms with Crippen LogP contribution in [0.15, 0.2) is 42.5 Å². The second kappa shape index (κ2) is 5.65. The highest BCUT2D eigenvalue weighted by Gasteiger charge is 2.27. The van der Waals surface area contributed by atoms with Crippen LogP contribution in [0.1, 0.15) is 10.4 Å². The summed E-state index contributed by atoms with van der Waals surface area (Å²) in [5.74, 6) is 0.132. The number of nitro groups is 1. The number of fused-ring (bicyclic) bond motifs is 1. The molecule has 0 spiro atoms. The van der Waals surface area contributed by atoms with Crippen molar-refractivity contribution in [2.24, 2.45) is 0 Å². The third-order valence-electron chi connectivity index (χ3n) is 3.37. The first-order valence-electron chi connectivity index (χ1n) is 6.55. The number of ether oxygens (including phenoxy) is 1. The molecule has 0 radical (unpaired) electrons. The first kappa shape index (κ1) is 14.3. The predicted molar refractivity (Wildman–Crippen MR) is 81.7 cm³/mol. The van der Waals surface area contributed by atoms with Crippen LogP contribution in [0.4, 0.5) is 11.4 Å². The Morgan fingerprint density at radius 2 is 2.05 bits per heavy atom. The summed E-state index contributed by atoms with van der Waals surface area (Å²) in [4.78, 5) is 24.6. The van der Waals surface area contributed by atoms with Gasteiger partial charge in [0.05, 0.1) is 27.7 Å². The van der Waals surface area contributed by atoms with Crippen LogP contribution < -0.4 is 9.64 Å². The zero-order valence-corrected chi connectivity index (χ0v) is 12.1. The molecular weight excluding hydrogens is 308 g/mol. The molecule has 2 aromatic rings. The fraction of sp³-hybridized carbons (Fsp3) is 0.133. The number of hydrogen-bond donors (Lipinski definition) is 0. The molecule has 0 unspecified atom stereocenters. The van der Waals surface area contributed by atoms with E-state index in [9.17, 15) is 14.9 Å². The van der Waals surface area contributed by atoms with Gasteiger partial charge in [0, 0.05) is 12.1 Å². The van der Waals surface area contributed by atoms with Crippen molar-refractivity contribution in [3.8, 4) is 5.75 Å². The van der Waals surface area contributed by atoms with Gasteiger partial charge in [0.25, 0.3) is 11.6 Å². The van der Waals surface area contributed by atoms with E-state index in [1.807, 2.05) is 0 Å². The Balaban J connectivity index is 2.04. The lowest BCUT2D eigenvalue weighted by Crippen LogP contribution is -2.38. The van der Waals surface area contributed by atoms with Crippen molar-refractivity contribution in [2.75, 3.05) is 18.1 Å². The van der Waals surface area contributed by atoms with E-state index < -0.39 is 4.92 Å². The van der Waals surface area contributed by atoms with Crippen LogP contribution in [0.3, 0.4) is 0 Å². The molecule has 0 saturated carbocycles. The third kappa shape index (κ3) is 2.48. The van der Waals surface area contributed by atoms with Gasteiger partial charge in [-0.2, -0.15) is 0 Å². The van der Waals surface area contributed by atoms with Gasteiger partial charge < -0.3 is 9.64 Å². The molecule has 1 heterocycles. The molecule has 1 aliphatic rings. The Labute approximate surface area is 131 Å². The normalized spacial score (nSPS) is 13.2. The standard InChI is InChI=1S/C15H11ClN2O4/c16-12-4-2-1-3-11(12)15(19)17-7-8-22-14-6-5-10(18(20)21)9-13(14)17/h1-6,9H,7-8H2. The number of hydrogen-bond acceptors (Lipinski definition) is 4.